The molecular formula is C13H10N6O2. The molecule has 2 heterocycles. The number of amides is 1. The fraction of sp³-hybridized carbons (Fsp3) is 0. The van der Waals surface area contributed by atoms with Gasteiger partial charge in [0.1, 0.15) is 0 Å². The first-order valence-corrected chi connectivity index (χ1v) is 6.06. The molecule has 0 unspecified atom stereocenters. The van der Waals surface area contributed by atoms with Crippen molar-refractivity contribution in [2.45, 2.75) is 0 Å². The van der Waals surface area contributed by atoms with Crippen molar-refractivity contribution >= 4 is 22.6 Å². The van der Waals surface area contributed by atoms with Crippen LogP contribution in [0.1, 0.15) is 10.5 Å². The number of nitrogens with zero attached hydrogens (tertiary/aromatic N) is 3. The zero-order valence-corrected chi connectivity index (χ0v) is 10.7. The molecule has 0 saturated carbocycles. The summed E-state index contributed by atoms with van der Waals surface area (Å²) in [6, 6.07) is 8.39. The summed E-state index contributed by atoms with van der Waals surface area (Å²) in [4.78, 5) is 31.6. The van der Waals surface area contributed by atoms with Crippen molar-refractivity contribution in [1.82, 2.24) is 25.6 Å². The quantitative estimate of drug-likeness (QED) is 0.602. The van der Waals surface area contributed by atoms with Crippen molar-refractivity contribution in [3.05, 3.63) is 58.8 Å². The first kappa shape index (κ1) is 12.7. The van der Waals surface area contributed by atoms with Crippen molar-refractivity contribution in [2.24, 2.45) is 0 Å². The summed E-state index contributed by atoms with van der Waals surface area (Å²) in [5, 5.41) is 6.95. The van der Waals surface area contributed by atoms with E-state index in [-0.39, 0.29) is 17.2 Å². The van der Waals surface area contributed by atoms with Crippen LogP contribution in [0.5, 0.6) is 0 Å². The lowest BCUT2D eigenvalue weighted by Crippen LogP contribution is -2.32. The zero-order valence-electron chi connectivity index (χ0n) is 10.7. The third kappa shape index (κ3) is 2.54. The third-order valence-corrected chi connectivity index (χ3v) is 2.76. The van der Waals surface area contributed by atoms with Crippen LogP contribution < -0.4 is 16.4 Å². The fourth-order valence-electron chi connectivity index (χ4n) is 1.82. The standard InChI is InChI=1S/C13H10N6O2/c20-11-9-5-2-1-4-8(9)10(16-17-11)12(21)18-19-13-14-6-3-7-15-13/h1-7H,(H,17,20)(H,18,21)(H,14,15,19). The summed E-state index contributed by atoms with van der Waals surface area (Å²) in [5.74, 6) is -0.255. The van der Waals surface area contributed by atoms with Gasteiger partial charge >= 0.3 is 0 Å². The maximum atomic E-state index is 12.1. The van der Waals surface area contributed by atoms with E-state index in [4.69, 9.17) is 0 Å². The Morgan fingerprint density at radius 3 is 2.52 bits per heavy atom. The highest BCUT2D eigenvalue weighted by atomic mass is 16.2. The average Bonchev–Trinajstić information content (AvgIpc) is 2.54. The summed E-state index contributed by atoms with van der Waals surface area (Å²) >= 11 is 0. The van der Waals surface area contributed by atoms with E-state index in [9.17, 15) is 9.59 Å². The van der Waals surface area contributed by atoms with Gasteiger partial charge in [0.15, 0.2) is 5.69 Å². The van der Waals surface area contributed by atoms with Gasteiger partial charge in [0, 0.05) is 17.8 Å². The summed E-state index contributed by atoms with van der Waals surface area (Å²) in [6.07, 6.45) is 3.07. The van der Waals surface area contributed by atoms with E-state index in [1.165, 1.54) is 12.4 Å². The van der Waals surface area contributed by atoms with E-state index >= 15 is 0 Å². The molecule has 0 aliphatic rings. The molecule has 3 aromatic rings. The average molecular weight is 282 g/mol. The molecule has 0 radical (unpaired) electrons. The smallest absolute Gasteiger partial charge is 0.267 e. The van der Waals surface area contributed by atoms with Crippen molar-refractivity contribution in [3.63, 3.8) is 0 Å². The van der Waals surface area contributed by atoms with E-state index in [1.54, 1.807) is 30.3 Å². The number of hydrogen-bond acceptors (Lipinski definition) is 6. The Kier molecular flexibility index (Phi) is 3.26. The Balaban J connectivity index is 1.89. The molecule has 0 aliphatic carbocycles. The highest BCUT2D eigenvalue weighted by Crippen LogP contribution is 2.11. The van der Waals surface area contributed by atoms with Crippen molar-refractivity contribution in [2.75, 3.05) is 5.43 Å². The Labute approximate surface area is 118 Å². The second-order valence-electron chi connectivity index (χ2n) is 4.10. The van der Waals surface area contributed by atoms with Crippen LogP contribution in [0.2, 0.25) is 0 Å². The van der Waals surface area contributed by atoms with E-state index in [0.29, 0.717) is 10.8 Å². The minimum absolute atomic E-state index is 0.105. The summed E-state index contributed by atoms with van der Waals surface area (Å²) in [7, 11) is 0. The summed E-state index contributed by atoms with van der Waals surface area (Å²) in [6.45, 7) is 0. The molecule has 0 bridgehead atoms. The van der Waals surface area contributed by atoms with Gasteiger partial charge in [0.25, 0.3) is 11.5 Å². The van der Waals surface area contributed by atoms with Gasteiger partial charge in [-0.2, -0.15) is 5.10 Å². The summed E-state index contributed by atoms with van der Waals surface area (Å²) in [5.41, 5.74) is 4.76. The first-order valence-electron chi connectivity index (χ1n) is 6.06. The van der Waals surface area contributed by atoms with Gasteiger partial charge in [-0.3, -0.25) is 20.4 Å². The topological polar surface area (TPSA) is 113 Å². The number of H-pyrrole nitrogens is 1. The highest BCUT2D eigenvalue weighted by Gasteiger charge is 2.13. The van der Waals surface area contributed by atoms with Crippen LogP contribution in [0, 0.1) is 0 Å². The Bertz CT molecular complexity index is 846. The molecule has 3 N–H and O–H groups in total. The number of anilines is 1. The number of aromatic amines is 1. The molecule has 0 aliphatic heterocycles. The van der Waals surface area contributed by atoms with Crippen LogP contribution in [0.3, 0.4) is 0 Å². The Morgan fingerprint density at radius 2 is 1.76 bits per heavy atom. The zero-order chi connectivity index (χ0) is 14.7. The van der Waals surface area contributed by atoms with Gasteiger partial charge in [0.05, 0.1) is 5.39 Å². The van der Waals surface area contributed by atoms with Gasteiger partial charge in [-0.1, -0.05) is 18.2 Å². The van der Waals surface area contributed by atoms with Gasteiger partial charge < -0.3 is 0 Å². The normalized spacial score (nSPS) is 10.3. The SMILES string of the molecule is O=C(NNc1ncccn1)c1n[nH]c(=O)c2ccccc12. The molecule has 0 fully saturated rings. The minimum atomic E-state index is -0.505. The van der Waals surface area contributed by atoms with Crippen molar-refractivity contribution in [1.29, 1.82) is 0 Å². The van der Waals surface area contributed by atoms with Gasteiger partial charge in [0.2, 0.25) is 5.95 Å². The maximum absolute atomic E-state index is 12.1. The molecule has 21 heavy (non-hydrogen) atoms. The Morgan fingerprint density at radius 1 is 1.05 bits per heavy atom. The van der Waals surface area contributed by atoms with Crippen LogP contribution in [0.4, 0.5) is 5.95 Å². The van der Waals surface area contributed by atoms with Gasteiger partial charge in [-0.05, 0) is 12.1 Å². The molecule has 8 nitrogen and oxygen atoms in total. The van der Waals surface area contributed by atoms with Gasteiger partial charge in [-0.25, -0.2) is 15.1 Å². The second-order valence-corrected chi connectivity index (χ2v) is 4.10. The highest BCUT2D eigenvalue weighted by molar-refractivity contribution is 6.04. The van der Waals surface area contributed by atoms with Gasteiger partial charge in [-0.15, -0.1) is 0 Å². The molecule has 0 atom stereocenters. The number of aromatic nitrogens is 4. The van der Waals surface area contributed by atoms with Crippen LogP contribution in [-0.4, -0.2) is 26.1 Å². The lowest BCUT2D eigenvalue weighted by Gasteiger charge is -2.07. The maximum Gasteiger partial charge on any atom is 0.290 e. The number of carbonyl (C=O) groups is 1. The molecule has 3 rings (SSSR count). The first-order chi connectivity index (χ1) is 10.3. The van der Waals surface area contributed by atoms with E-state index in [0.717, 1.165) is 0 Å². The van der Waals surface area contributed by atoms with E-state index in [1.807, 2.05) is 0 Å². The molecule has 104 valence electrons. The number of hydrazine groups is 1. The van der Waals surface area contributed by atoms with E-state index in [2.05, 4.69) is 31.0 Å². The van der Waals surface area contributed by atoms with Crippen LogP contribution in [-0.2, 0) is 0 Å². The predicted molar refractivity (Wildman–Crippen MR) is 75.5 cm³/mol. The number of benzene rings is 1. The molecule has 8 heteroatoms. The fourth-order valence-corrected chi connectivity index (χ4v) is 1.82. The van der Waals surface area contributed by atoms with Crippen LogP contribution in [0.15, 0.2) is 47.5 Å². The molecule has 0 saturated heterocycles. The Hall–Kier alpha value is -3.29. The van der Waals surface area contributed by atoms with Crippen molar-refractivity contribution < 1.29 is 4.79 Å². The molecule has 1 amide bonds. The van der Waals surface area contributed by atoms with Crippen LogP contribution in [0.25, 0.3) is 10.8 Å². The summed E-state index contributed by atoms with van der Waals surface area (Å²) < 4.78 is 0. The number of fused-ring (bicyclic) bond motifs is 1. The second kappa shape index (κ2) is 5.37. The lowest BCUT2D eigenvalue weighted by molar-refractivity contribution is 0.0958. The largest absolute Gasteiger partial charge is 0.290 e. The number of rotatable bonds is 3. The predicted octanol–water partition coefficient (Wildman–Crippen LogP) is 0.470. The third-order valence-electron chi connectivity index (χ3n) is 2.76. The number of carbonyl (C=O) groups excluding carboxylic acids is 1. The van der Waals surface area contributed by atoms with E-state index < -0.39 is 5.91 Å². The molecule has 0 spiro atoms. The minimum Gasteiger partial charge on any atom is -0.267 e. The number of nitrogens with one attached hydrogen (secondary N) is 3. The molecule has 1 aromatic carbocycles. The molecule has 2 aromatic heterocycles. The lowest BCUT2D eigenvalue weighted by atomic mass is 10.1. The van der Waals surface area contributed by atoms with Crippen molar-refractivity contribution in [3.8, 4) is 0 Å². The monoisotopic (exact) mass is 282 g/mol. The van der Waals surface area contributed by atoms with Crippen LogP contribution >= 0.6 is 0 Å². The molecular weight excluding hydrogens is 272 g/mol. The number of hydrogen-bond donors (Lipinski definition) is 3.